The summed E-state index contributed by atoms with van der Waals surface area (Å²) in [5, 5.41) is 3.16. The van der Waals surface area contributed by atoms with Gasteiger partial charge in [0.2, 0.25) is 0 Å². The van der Waals surface area contributed by atoms with E-state index < -0.39 is 10.9 Å². The van der Waals surface area contributed by atoms with Crippen molar-refractivity contribution in [1.82, 2.24) is 0 Å². The number of aldehydes is 1. The van der Waals surface area contributed by atoms with E-state index in [1.165, 1.54) is 0 Å². The highest BCUT2D eigenvalue weighted by Gasteiger charge is 2.18. The molecule has 0 radical (unpaired) electrons. The zero-order chi connectivity index (χ0) is 11.7. The van der Waals surface area contributed by atoms with Gasteiger partial charge in [-0.25, -0.2) is 0 Å². The van der Waals surface area contributed by atoms with Gasteiger partial charge in [-0.15, -0.1) is 0 Å². The van der Waals surface area contributed by atoms with Crippen molar-refractivity contribution in [1.29, 1.82) is 0 Å². The number of hydrogen-bond acceptors (Lipinski definition) is 1. The molecular weight excluding hydrogens is 263 g/mol. The molecule has 1 atom stereocenters. The lowest BCUT2D eigenvalue weighted by Crippen LogP contribution is -1.86. The topological polar surface area (TPSA) is 17.1 Å². The molecule has 1 nitrogen and oxygen atoms in total. The summed E-state index contributed by atoms with van der Waals surface area (Å²) in [7, 11) is -0.766. The summed E-state index contributed by atoms with van der Waals surface area (Å²) < 4.78 is 0. The lowest BCUT2D eigenvalue weighted by Gasteiger charge is -2.16. The first-order chi connectivity index (χ1) is 7.63. The quantitative estimate of drug-likeness (QED) is 0.626. The van der Waals surface area contributed by atoms with Gasteiger partial charge in [-0.1, -0.05) is 29.3 Å². The Morgan fingerprint density at radius 3 is 2.75 bits per heavy atom. The summed E-state index contributed by atoms with van der Waals surface area (Å²) >= 11 is 12.1. The molecule has 16 heavy (non-hydrogen) atoms. The van der Waals surface area contributed by atoms with Crippen molar-refractivity contribution >= 4 is 40.4 Å². The molecule has 2 rings (SSSR count). The van der Waals surface area contributed by atoms with Crippen molar-refractivity contribution in [3.05, 3.63) is 50.2 Å². The van der Waals surface area contributed by atoms with Crippen LogP contribution < -0.4 is 0 Å². The Bertz CT molecular complexity index is 506. The van der Waals surface area contributed by atoms with Crippen LogP contribution in [0.2, 0.25) is 10.0 Å². The van der Waals surface area contributed by atoms with Crippen molar-refractivity contribution in [2.45, 2.75) is 11.8 Å². The Hall–Kier alpha value is -0.700. The molecule has 1 aliphatic heterocycles. The van der Waals surface area contributed by atoms with E-state index in [4.69, 9.17) is 23.2 Å². The molecule has 1 heterocycles. The van der Waals surface area contributed by atoms with Crippen molar-refractivity contribution < 1.29 is 4.79 Å². The summed E-state index contributed by atoms with van der Waals surface area (Å²) in [6.07, 6.45) is 2.80. The Kier molecular flexibility index (Phi) is 3.43. The summed E-state index contributed by atoms with van der Waals surface area (Å²) in [5.41, 5.74) is 1.10. The molecule has 1 aliphatic rings. The summed E-state index contributed by atoms with van der Waals surface area (Å²) in [6.45, 7) is 1.98. The lowest BCUT2D eigenvalue weighted by atomic mass is 10.3. The van der Waals surface area contributed by atoms with Gasteiger partial charge >= 0.3 is 0 Å². The number of hydrogen-bond donors (Lipinski definition) is 1. The van der Waals surface area contributed by atoms with Gasteiger partial charge in [-0.2, -0.15) is 10.9 Å². The fourth-order valence-corrected chi connectivity index (χ4v) is 4.32. The molecule has 0 aromatic heterocycles. The van der Waals surface area contributed by atoms with E-state index in [1.807, 2.05) is 25.1 Å². The van der Waals surface area contributed by atoms with E-state index in [1.54, 1.807) is 6.07 Å². The average Bonchev–Trinajstić information content (AvgIpc) is 2.63. The van der Waals surface area contributed by atoms with Crippen LogP contribution in [0.3, 0.4) is 0 Å². The predicted molar refractivity (Wildman–Crippen MR) is 71.6 cm³/mol. The van der Waals surface area contributed by atoms with E-state index in [2.05, 4.69) is 5.41 Å². The zero-order valence-corrected chi connectivity index (χ0v) is 11.0. The van der Waals surface area contributed by atoms with Crippen LogP contribution in [0.4, 0.5) is 0 Å². The van der Waals surface area contributed by atoms with Gasteiger partial charge in [0.1, 0.15) is 0 Å². The molecule has 0 aliphatic carbocycles. The van der Waals surface area contributed by atoms with E-state index in [0.29, 0.717) is 10.0 Å². The lowest BCUT2D eigenvalue weighted by molar-refractivity contribution is -0.104. The molecule has 0 saturated heterocycles. The smallest absolute Gasteiger partial charge is 0.155 e. The van der Waals surface area contributed by atoms with Crippen LogP contribution in [-0.2, 0) is 4.79 Å². The molecule has 1 aromatic carbocycles. The molecule has 0 amide bonds. The maximum atomic E-state index is 11.0. The molecule has 0 saturated carbocycles. The van der Waals surface area contributed by atoms with Crippen molar-refractivity contribution in [3.63, 3.8) is 0 Å². The fourth-order valence-electron chi connectivity index (χ4n) is 1.60. The molecule has 84 valence electrons. The highest BCUT2D eigenvalue weighted by molar-refractivity contribution is 8.23. The number of carbonyl (C=O) groups excluding carboxylic acids is 1. The molecule has 1 aromatic rings. The Balaban J connectivity index is 2.50. The Morgan fingerprint density at radius 2 is 2.06 bits per heavy atom. The van der Waals surface area contributed by atoms with Gasteiger partial charge in [-0.05, 0) is 36.1 Å². The molecule has 0 N–H and O–H groups in total. The van der Waals surface area contributed by atoms with Crippen LogP contribution in [0.1, 0.15) is 6.92 Å². The van der Waals surface area contributed by atoms with E-state index in [0.717, 1.165) is 21.7 Å². The molecule has 0 fully saturated rings. The average molecular weight is 273 g/mol. The highest BCUT2D eigenvalue weighted by Crippen LogP contribution is 2.52. The largest absolute Gasteiger partial charge is 0.297 e. The Labute approximate surface area is 107 Å². The van der Waals surface area contributed by atoms with Gasteiger partial charge in [0.15, 0.2) is 6.29 Å². The van der Waals surface area contributed by atoms with E-state index in [9.17, 15) is 4.79 Å². The standard InChI is InChI=1S/C12H10Cl2OS/c1-8-5-9(6-15)16(7-8)11-4-2-3-10(13)12(11)14/h2-7,16H,1H3. The predicted octanol–water partition coefficient (Wildman–Crippen LogP) is 4.35. The number of carbonyl (C=O) groups is 1. The molecule has 0 spiro atoms. The summed E-state index contributed by atoms with van der Waals surface area (Å²) in [6, 6.07) is 5.53. The van der Waals surface area contributed by atoms with Gasteiger partial charge in [-0.3, -0.25) is 4.79 Å². The second-order valence-electron chi connectivity index (χ2n) is 3.50. The first-order valence-corrected chi connectivity index (χ1v) is 6.88. The molecule has 4 heteroatoms. The third-order valence-corrected chi connectivity index (χ3v) is 5.60. The van der Waals surface area contributed by atoms with Crippen LogP contribution >= 0.6 is 34.1 Å². The number of rotatable bonds is 2. The second kappa shape index (κ2) is 4.66. The highest BCUT2D eigenvalue weighted by atomic mass is 35.5. The van der Waals surface area contributed by atoms with Crippen LogP contribution in [0.25, 0.3) is 0 Å². The minimum absolute atomic E-state index is 0.532. The van der Waals surface area contributed by atoms with Crippen LogP contribution in [-0.4, -0.2) is 6.29 Å². The normalized spacial score (nSPS) is 21.6. The maximum Gasteiger partial charge on any atom is 0.155 e. The van der Waals surface area contributed by atoms with E-state index >= 15 is 0 Å². The van der Waals surface area contributed by atoms with Gasteiger partial charge in [0.05, 0.1) is 10.0 Å². The molecule has 0 bridgehead atoms. The van der Waals surface area contributed by atoms with Crippen LogP contribution in [0.15, 0.2) is 45.1 Å². The number of benzene rings is 1. The minimum atomic E-state index is -0.766. The third kappa shape index (κ3) is 2.05. The summed E-state index contributed by atoms with van der Waals surface area (Å²) in [5.74, 6) is 0. The van der Waals surface area contributed by atoms with Gasteiger partial charge in [0.25, 0.3) is 0 Å². The molecule has 1 unspecified atom stereocenters. The van der Waals surface area contributed by atoms with Crippen molar-refractivity contribution in [3.8, 4) is 0 Å². The fraction of sp³-hybridized carbons (Fsp3) is 0.0833. The first kappa shape index (κ1) is 11.8. The Morgan fingerprint density at radius 1 is 1.31 bits per heavy atom. The van der Waals surface area contributed by atoms with Crippen molar-refractivity contribution in [2.75, 3.05) is 0 Å². The minimum Gasteiger partial charge on any atom is -0.297 e. The van der Waals surface area contributed by atoms with Gasteiger partial charge < -0.3 is 0 Å². The maximum absolute atomic E-state index is 11.0. The number of halogens is 2. The van der Waals surface area contributed by atoms with Crippen LogP contribution in [0.5, 0.6) is 0 Å². The second-order valence-corrected chi connectivity index (χ2v) is 6.28. The SMILES string of the molecule is CC1=C[SH](c2cccc(Cl)c2Cl)C(C=O)=C1. The van der Waals surface area contributed by atoms with E-state index in [-0.39, 0.29) is 0 Å². The summed E-state index contributed by atoms with van der Waals surface area (Å²) in [4.78, 5) is 12.7. The first-order valence-electron chi connectivity index (χ1n) is 4.72. The van der Waals surface area contributed by atoms with Gasteiger partial charge in [0, 0.05) is 9.80 Å². The van der Waals surface area contributed by atoms with Crippen molar-refractivity contribution in [2.24, 2.45) is 0 Å². The number of allylic oxidation sites excluding steroid dienone is 3. The zero-order valence-electron chi connectivity index (χ0n) is 8.58. The molecular formula is C12H10Cl2OS. The van der Waals surface area contributed by atoms with Crippen LogP contribution in [0, 0.1) is 0 Å². The number of thiol groups is 1. The monoisotopic (exact) mass is 272 g/mol. The third-order valence-electron chi connectivity index (χ3n) is 2.30.